The second kappa shape index (κ2) is 7.76. The summed E-state index contributed by atoms with van der Waals surface area (Å²) in [5.41, 5.74) is 4.64. The zero-order valence-corrected chi connectivity index (χ0v) is 16.2. The molecule has 1 atom stereocenters. The van der Waals surface area contributed by atoms with E-state index in [4.69, 9.17) is 0 Å². The number of nitrogens with zero attached hydrogens (tertiary/aromatic N) is 3. The fourth-order valence-corrected chi connectivity index (χ4v) is 3.94. The summed E-state index contributed by atoms with van der Waals surface area (Å²) in [6, 6.07) is 23.7. The highest BCUT2D eigenvalue weighted by molar-refractivity contribution is 6.04. The van der Waals surface area contributed by atoms with Crippen LogP contribution in [0.5, 0.6) is 0 Å². The van der Waals surface area contributed by atoms with Crippen molar-refractivity contribution in [3.63, 3.8) is 0 Å². The van der Waals surface area contributed by atoms with E-state index in [1.54, 1.807) is 18.6 Å². The standard InChI is InChI=1S/C26H19N3O/c30-18-26-24(23-11-5-8-19-7-1-2-10-22(19)23)15-20(25-12-3-4-14-28-25)17-29(26)21-9-6-13-27-16-21/h1-18,26H. The zero-order chi connectivity index (χ0) is 20.3. The lowest BCUT2D eigenvalue weighted by atomic mass is 9.89. The minimum Gasteiger partial charge on any atom is -0.332 e. The first-order valence-corrected chi connectivity index (χ1v) is 9.82. The van der Waals surface area contributed by atoms with Gasteiger partial charge in [0.05, 0.1) is 17.6 Å². The molecule has 1 aliphatic heterocycles. The minimum absolute atomic E-state index is 0.465. The van der Waals surface area contributed by atoms with Gasteiger partial charge in [-0.15, -0.1) is 0 Å². The van der Waals surface area contributed by atoms with Crippen molar-refractivity contribution in [3.8, 4) is 0 Å². The molecule has 0 aliphatic carbocycles. The number of allylic oxidation sites excluding steroid dienone is 2. The molecule has 1 unspecified atom stereocenters. The van der Waals surface area contributed by atoms with Gasteiger partial charge in [-0.05, 0) is 52.3 Å². The van der Waals surface area contributed by atoms with E-state index in [2.05, 4.69) is 40.3 Å². The van der Waals surface area contributed by atoms with E-state index in [-0.39, 0.29) is 0 Å². The lowest BCUT2D eigenvalue weighted by Crippen LogP contribution is -2.35. The van der Waals surface area contributed by atoms with Crippen LogP contribution in [-0.4, -0.2) is 22.3 Å². The van der Waals surface area contributed by atoms with Crippen molar-refractivity contribution in [2.24, 2.45) is 0 Å². The van der Waals surface area contributed by atoms with Gasteiger partial charge in [0.15, 0.2) is 0 Å². The summed E-state index contributed by atoms with van der Waals surface area (Å²) in [7, 11) is 0. The van der Waals surface area contributed by atoms with E-state index >= 15 is 0 Å². The number of aldehydes is 1. The molecule has 1 aliphatic rings. The number of anilines is 1. The highest BCUT2D eigenvalue weighted by atomic mass is 16.1. The molecule has 0 N–H and O–H groups in total. The van der Waals surface area contributed by atoms with Gasteiger partial charge in [0.1, 0.15) is 12.3 Å². The smallest absolute Gasteiger partial charge is 0.147 e. The molecule has 3 heterocycles. The molecule has 0 saturated heterocycles. The van der Waals surface area contributed by atoms with E-state index < -0.39 is 6.04 Å². The van der Waals surface area contributed by atoms with Crippen LogP contribution in [0.15, 0.2) is 104 Å². The molecule has 30 heavy (non-hydrogen) atoms. The summed E-state index contributed by atoms with van der Waals surface area (Å²) in [6.07, 6.45) is 10.3. The van der Waals surface area contributed by atoms with Crippen LogP contribution >= 0.6 is 0 Å². The lowest BCUT2D eigenvalue weighted by Gasteiger charge is -2.33. The Morgan fingerprint density at radius 3 is 2.53 bits per heavy atom. The average molecular weight is 389 g/mol. The number of aromatic nitrogens is 2. The molecular weight excluding hydrogens is 370 g/mol. The number of hydrogen-bond donors (Lipinski definition) is 0. The molecule has 0 bridgehead atoms. The molecule has 0 saturated carbocycles. The highest BCUT2D eigenvalue weighted by Gasteiger charge is 2.28. The summed E-state index contributed by atoms with van der Waals surface area (Å²) >= 11 is 0. The third-order valence-electron chi connectivity index (χ3n) is 5.34. The summed E-state index contributed by atoms with van der Waals surface area (Å²) in [5, 5.41) is 2.26. The van der Waals surface area contributed by atoms with Gasteiger partial charge >= 0.3 is 0 Å². The molecule has 2 aromatic heterocycles. The number of benzene rings is 2. The molecule has 0 spiro atoms. The molecule has 2 aromatic carbocycles. The third kappa shape index (κ3) is 3.18. The van der Waals surface area contributed by atoms with E-state index in [0.29, 0.717) is 0 Å². The van der Waals surface area contributed by atoms with Crippen LogP contribution in [0.2, 0.25) is 0 Å². The van der Waals surface area contributed by atoms with E-state index in [1.807, 2.05) is 59.6 Å². The van der Waals surface area contributed by atoms with Crippen LogP contribution in [0.1, 0.15) is 11.3 Å². The largest absolute Gasteiger partial charge is 0.332 e. The first-order valence-electron chi connectivity index (χ1n) is 9.82. The third-order valence-corrected chi connectivity index (χ3v) is 5.34. The Morgan fingerprint density at radius 1 is 0.867 bits per heavy atom. The number of fused-ring (bicyclic) bond motifs is 1. The molecule has 4 heteroatoms. The van der Waals surface area contributed by atoms with Crippen molar-refractivity contribution in [1.29, 1.82) is 0 Å². The molecular formula is C26H19N3O. The van der Waals surface area contributed by atoms with Gasteiger partial charge in [0, 0.05) is 24.2 Å². The Hall–Kier alpha value is -4.05. The number of carbonyl (C=O) groups is 1. The van der Waals surface area contributed by atoms with Crippen LogP contribution < -0.4 is 4.90 Å². The van der Waals surface area contributed by atoms with Gasteiger partial charge in [0.25, 0.3) is 0 Å². The number of carbonyl (C=O) groups excluding carboxylic acids is 1. The second-order valence-corrected chi connectivity index (χ2v) is 7.13. The minimum atomic E-state index is -0.465. The molecule has 4 aromatic rings. The molecule has 0 amide bonds. The summed E-state index contributed by atoms with van der Waals surface area (Å²) in [6.45, 7) is 0. The fourth-order valence-electron chi connectivity index (χ4n) is 3.94. The number of hydrogen-bond acceptors (Lipinski definition) is 4. The van der Waals surface area contributed by atoms with Gasteiger partial charge in [-0.3, -0.25) is 9.97 Å². The molecule has 0 fully saturated rings. The number of pyridine rings is 2. The van der Waals surface area contributed by atoms with Crippen LogP contribution in [0.25, 0.3) is 21.9 Å². The van der Waals surface area contributed by atoms with Crippen molar-refractivity contribution in [2.75, 3.05) is 4.90 Å². The van der Waals surface area contributed by atoms with Crippen LogP contribution in [0.4, 0.5) is 5.69 Å². The maximum atomic E-state index is 12.4. The quantitative estimate of drug-likeness (QED) is 0.453. The average Bonchev–Trinajstić information content (AvgIpc) is 2.84. The monoisotopic (exact) mass is 389 g/mol. The summed E-state index contributed by atoms with van der Waals surface area (Å²) < 4.78 is 0. The summed E-state index contributed by atoms with van der Waals surface area (Å²) in [4.78, 5) is 23.1. The molecule has 4 nitrogen and oxygen atoms in total. The SMILES string of the molecule is O=CC1C(c2cccc3ccccc23)=CC(c2ccccn2)=CN1c1cccnc1. The molecule has 0 radical (unpaired) electrons. The number of rotatable bonds is 4. The summed E-state index contributed by atoms with van der Waals surface area (Å²) in [5.74, 6) is 0. The Balaban J connectivity index is 1.74. The van der Waals surface area contributed by atoms with Crippen LogP contribution in [-0.2, 0) is 4.79 Å². The van der Waals surface area contributed by atoms with Crippen molar-refractivity contribution < 1.29 is 4.79 Å². The Bertz CT molecular complexity index is 1260. The highest BCUT2D eigenvalue weighted by Crippen LogP contribution is 2.36. The van der Waals surface area contributed by atoms with Crippen molar-refractivity contribution in [1.82, 2.24) is 9.97 Å². The maximum absolute atomic E-state index is 12.4. The first-order chi connectivity index (χ1) is 14.8. The van der Waals surface area contributed by atoms with Crippen LogP contribution in [0, 0.1) is 0 Å². The topological polar surface area (TPSA) is 46.1 Å². The van der Waals surface area contributed by atoms with E-state index in [1.165, 1.54) is 0 Å². The molecule has 5 rings (SSSR count). The Labute approximate surface area is 174 Å². The van der Waals surface area contributed by atoms with Gasteiger partial charge in [0.2, 0.25) is 0 Å². The predicted molar refractivity (Wildman–Crippen MR) is 121 cm³/mol. The molecule has 144 valence electrons. The Morgan fingerprint density at radius 2 is 1.73 bits per heavy atom. The van der Waals surface area contributed by atoms with Gasteiger partial charge in [-0.1, -0.05) is 48.5 Å². The van der Waals surface area contributed by atoms with E-state index in [0.717, 1.165) is 45.1 Å². The lowest BCUT2D eigenvalue weighted by molar-refractivity contribution is -0.107. The zero-order valence-electron chi connectivity index (χ0n) is 16.2. The Kier molecular flexibility index (Phi) is 4.66. The van der Waals surface area contributed by atoms with E-state index in [9.17, 15) is 4.79 Å². The van der Waals surface area contributed by atoms with Gasteiger partial charge < -0.3 is 9.69 Å². The van der Waals surface area contributed by atoms with Crippen molar-refractivity contribution in [3.05, 3.63) is 115 Å². The normalized spacial score (nSPS) is 16.1. The maximum Gasteiger partial charge on any atom is 0.147 e. The first kappa shape index (κ1) is 18.0. The van der Waals surface area contributed by atoms with Crippen molar-refractivity contribution >= 4 is 33.9 Å². The fraction of sp³-hybridized carbons (Fsp3) is 0.0385. The van der Waals surface area contributed by atoms with Gasteiger partial charge in [-0.2, -0.15) is 0 Å². The van der Waals surface area contributed by atoms with Gasteiger partial charge in [-0.25, -0.2) is 0 Å². The second-order valence-electron chi connectivity index (χ2n) is 7.13. The van der Waals surface area contributed by atoms with Crippen LogP contribution in [0.3, 0.4) is 0 Å². The van der Waals surface area contributed by atoms with Crippen molar-refractivity contribution in [2.45, 2.75) is 6.04 Å². The predicted octanol–water partition coefficient (Wildman–Crippen LogP) is 5.14.